The van der Waals surface area contributed by atoms with E-state index in [1.54, 1.807) is 7.05 Å². The van der Waals surface area contributed by atoms with Crippen LogP contribution in [0.3, 0.4) is 0 Å². The van der Waals surface area contributed by atoms with E-state index in [0.29, 0.717) is 22.9 Å². The number of hydroxylamine groups is 2. The molecule has 5 nitrogen and oxygen atoms in total. The molecule has 2 aromatic rings. The molecule has 0 atom stereocenters. The highest BCUT2D eigenvalue weighted by Gasteiger charge is 2.36. The normalized spacial score (nSPS) is 14.3. The average Bonchev–Trinajstić information content (AvgIpc) is 3.25. The van der Waals surface area contributed by atoms with Crippen molar-refractivity contribution in [2.24, 2.45) is 0 Å². The van der Waals surface area contributed by atoms with Gasteiger partial charge in [0.05, 0.1) is 7.11 Å². The van der Waals surface area contributed by atoms with Crippen LogP contribution in [-0.4, -0.2) is 30.3 Å². The van der Waals surface area contributed by atoms with E-state index in [0.717, 1.165) is 18.4 Å². The third-order valence-corrected chi connectivity index (χ3v) is 3.49. The summed E-state index contributed by atoms with van der Waals surface area (Å²) in [5.74, 6) is 0.761. The molecule has 0 N–H and O–H groups in total. The number of nitrogens with zero attached hydrogens (tertiary/aromatic N) is 2. The third kappa shape index (κ3) is 2.20. The average molecular weight is 272 g/mol. The quantitative estimate of drug-likeness (QED) is 0.803. The number of aromatic nitrogens is 1. The van der Waals surface area contributed by atoms with Crippen molar-refractivity contribution >= 4 is 5.91 Å². The topological polar surface area (TPSA) is 55.6 Å². The number of benzene rings is 1. The molecular formula is C15H16N2O3. The van der Waals surface area contributed by atoms with Crippen molar-refractivity contribution in [1.29, 1.82) is 0 Å². The minimum Gasteiger partial charge on any atom is -0.360 e. The van der Waals surface area contributed by atoms with Crippen LogP contribution in [0.25, 0.3) is 11.3 Å². The summed E-state index contributed by atoms with van der Waals surface area (Å²) in [6, 6.07) is 9.58. The summed E-state index contributed by atoms with van der Waals surface area (Å²) in [5, 5.41) is 5.31. The smallest absolute Gasteiger partial charge is 0.283 e. The molecule has 3 rings (SSSR count). The second kappa shape index (κ2) is 5.09. The van der Waals surface area contributed by atoms with Gasteiger partial charge in [0.2, 0.25) is 0 Å². The Hall–Kier alpha value is -2.14. The van der Waals surface area contributed by atoms with Crippen LogP contribution in [0, 0.1) is 0 Å². The lowest BCUT2D eigenvalue weighted by Gasteiger charge is -2.13. The molecule has 20 heavy (non-hydrogen) atoms. The van der Waals surface area contributed by atoms with Gasteiger partial charge in [0.1, 0.15) is 11.3 Å². The van der Waals surface area contributed by atoms with Crippen LogP contribution in [0.5, 0.6) is 0 Å². The molecule has 1 saturated carbocycles. The SMILES string of the molecule is CON(C)C(=O)c1c(-c2ccccc2)noc1C1CC1. The predicted octanol–water partition coefficient (Wildman–Crippen LogP) is 2.85. The molecule has 1 aliphatic carbocycles. The second-order valence-corrected chi connectivity index (χ2v) is 4.90. The Labute approximate surface area is 117 Å². The monoisotopic (exact) mass is 272 g/mol. The van der Waals surface area contributed by atoms with Crippen molar-refractivity contribution in [2.75, 3.05) is 14.2 Å². The second-order valence-electron chi connectivity index (χ2n) is 4.90. The third-order valence-electron chi connectivity index (χ3n) is 3.49. The Balaban J connectivity index is 2.09. The van der Waals surface area contributed by atoms with Gasteiger partial charge in [-0.05, 0) is 12.8 Å². The Bertz CT molecular complexity index is 617. The van der Waals surface area contributed by atoms with Gasteiger partial charge in [0.15, 0.2) is 5.76 Å². The van der Waals surface area contributed by atoms with Crippen LogP contribution < -0.4 is 0 Å². The Morgan fingerprint density at radius 1 is 1.35 bits per heavy atom. The van der Waals surface area contributed by atoms with Gasteiger partial charge >= 0.3 is 0 Å². The molecule has 0 spiro atoms. The first-order valence-corrected chi connectivity index (χ1v) is 6.59. The molecular weight excluding hydrogens is 256 g/mol. The van der Waals surface area contributed by atoms with E-state index >= 15 is 0 Å². The first kappa shape index (κ1) is 12.9. The molecule has 1 fully saturated rings. The zero-order chi connectivity index (χ0) is 14.1. The fourth-order valence-corrected chi connectivity index (χ4v) is 2.17. The van der Waals surface area contributed by atoms with Gasteiger partial charge in [0, 0.05) is 18.5 Å². The standard InChI is InChI=1S/C15H16N2O3/c1-17(19-2)15(18)12-13(10-6-4-3-5-7-10)16-20-14(12)11-8-9-11/h3-7,11H,8-9H2,1-2H3. The van der Waals surface area contributed by atoms with Gasteiger partial charge in [-0.25, -0.2) is 5.06 Å². The Morgan fingerprint density at radius 2 is 2.05 bits per heavy atom. The molecule has 0 radical (unpaired) electrons. The maximum Gasteiger partial charge on any atom is 0.283 e. The highest BCUT2D eigenvalue weighted by Crippen LogP contribution is 2.44. The van der Waals surface area contributed by atoms with E-state index in [2.05, 4.69) is 5.16 Å². The summed E-state index contributed by atoms with van der Waals surface area (Å²) >= 11 is 0. The highest BCUT2D eigenvalue weighted by molar-refractivity contribution is 6.00. The lowest BCUT2D eigenvalue weighted by Crippen LogP contribution is -2.26. The minimum absolute atomic E-state index is 0.227. The lowest BCUT2D eigenvalue weighted by molar-refractivity contribution is -0.0757. The van der Waals surface area contributed by atoms with Crippen molar-refractivity contribution in [3.63, 3.8) is 0 Å². The van der Waals surface area contributed by atoms with Crippen LogP contribution in [0.2, 0.25) is 0 Å². The molecule has 0 saturated heterocycles. The molecule has 104 valence electrons. The van der Waals surface area contributed by atoms with Crippen molar-refractivity contribution in [3.8, 4) is 11.3 Å². The first-order valence-electron chi connectivity index (χ1n) is 6.59. The fourth-order valence-electron chi connectivity index (χ4n) is 2.17. The fraction of sp³-hybridized carbons (Fsp3) is 0.333. The minimum atomic E-state index is -0.227. The molecule has 1 aromatic heterocycles. The number of amides is 1. The van der Waals surface area contributed by atoms with Crippen molar-refractivity contribution in [1.82, 2.24) is 10.2 Å². The van der Waals surface area contributed by atoms with Crippen LogP contribution in [0.15, 0.2) is 34.9 Å². The Kier molecular flexibility index (Phi) is 3.28. The molecule has 1 amide bonds. The first-order chi connectivity index (χ1) is 9.72. The van der Waals surface area contributed by atoms with Crippen LogP contribution in [0.1, 0.15) is 34.9 Å². The number of rotatable bonds is 4. The van der Waals surface area contributed by atoms with Gasteiger partial charge in [-0.2, -0.15) is 0 Å². The number of hydrogen-bond donors (Lipinski definition) is 0. The van der Waals surface area contributed by atoms with Gasteiger partial charge in [-0.3, -0.25) is 9.63 Å². The zero-order valence-corrected chi connectivity index (χ0v) is 11.5. The molecule has 1 aliphatic rings. The largest absolute Gasteiger partial charge is 0.360 e. The molecule has 1 aromatic carbocycles. The Morgan fingerprint density at radius 3 is 2.65 bits per heavy atom. The van der Waals surface area contributed by atoms with E-state index in [1.165, 1.54) is 12.2 Å². The number of carbonyl (C=O) groups excluding carboxylic acids is 1. The molecule has 5 heteroatoms. The lowest BCUT2D eigenvalue weighted by atomic mass is 10.0. The zero-order valence-electron chi connectivity index (χ0n) is 11.5. The van der Waals surface area contributed by atoms with Gasteiger partial charge in [-0.15, -0.1) is 0 Å². The molecule has 0 aliphatic heterocycles. The van der Waals surface area contributed by atoms with Crippen molar-refractivity contribution in [3.05, 3.63) is 41.7 Å². The summed E-state index contributed by atoms with van der Waals surface area (Å²) in [5.41, 5.74) is 1.97. The number of hydrogen-bond acceptors (Lipinski definition) is 4. The van der Waals surface area contributed by atoms with Gasteiger partial charge in [0.25, 0.3) is 5.91 Å². The van der Waals surface area contributed by atoms with Crippen molar-refractivity contribution < 1.29 is 14.2 Å². The van der Waals surface area contributed by atoms with Crippen LogP contribution in [-0.2, 0) is 4.84 Å². The van der Waals surface area contributed by atoms with E-state index in [4.69, 9.17) is 9.36 Å². The summed E-state index contributed by atoms with van der Waals surface area (Å²) < 4.78 is 5.44. The summed E-state index contributed by atoms with van der Waals surface area (Å²) in [7, 11) is 3.05. The molecule has 0 unspecified atom stereocenters. The van der Waals surface area contributed by atoms with Gasteiger partial charge in [-0.1, -0.05) is 35.5 Å². The summed E-state index contributed by atoms with van der Waals surface area (Å²) in [6.07, 6.45) is 2.08. The van der Waals surface area contributed by atoms with Crippen LogP contribution in [0.4, 0.5) is 0 Å². The van der Waals surface area contributed by atoms with E-state index in [-0.39, 0.29) is 5.91 Å². The predicted molar refractivity (Wildman–Crippen MR) is 73.0 cm³/mol. The maximum absolute atomic E-state index is 12.5. The molecule has 0 bridgehead atoms. The van der Waals surface area contributed by atoms with Crippen LogP contribution >= 0.6 is 0 Å². The molecule has 1 heterocycles. The maximum atomic E-state index is 12.5. The summed E-state index contributed by atoms with van der Waals surface area (Å²) in [6.45, 7) is 0. The summed E-state index contributed by atoms with van der Waals surface area (Å²) in [4.78, 5) is 17.5. The van der Waals surface area contributed by atoms with Gasteiger partial charge < -0.3 is 4.52 Å². The number of carbonyl (C=O) groups is 1. The highest BCUT2D eigenvalue weighted by atomic mass is 16.7. The van der Waals surface area contributed by atoms with E-state index < -0.39 is 0 Å². The van der Waals surface area contributed by atoms with E-state index in [1.807, 2.05) is 30.3 Å². The van der Waals surface area contributed by atoms with Crippen molar-refractivity contribution in [2.45, 2.75) is 18.8 Å². The van der Waals surface area contributed by atoms with E-state index in [9.17, 15) is 4.79 Å².